The normalized spacial score (nSPS) is 10.3. The summed E-state index contributed by atoms with van der Waals surface area (Å²) in [5.41, 5.74) is 3.70. The van der Waals surface area contributed by atoms with Crippen molar-refractivity contribution in [2.75, 3.05) is 0 Å². The molecule has 2 rings (SSSR count). The van der Waals surface area contributed by atoms with Crippen molar-refractivity contribution in [3.63, 3.8) is 0 Å². The van der Waals surface area contributed by atoms with Gasteiger partial charge in [0.05, 0.1) is 0 Å². The monoisotopic (exact) mass is 242 g/mol. The Balaban J connectivity index is 2.45. The summed E-state index contributed by atoms with van der Waals surface area (Å²) in [7, 11) is 0. The molecular formula is C16H15FO. The Morgan fingerprint density at radius 3 is 2.39 bits per heavy atom. The van der Waals surface area contributed by atoms with Gasteiger partial charge in [-0.15, -0.1) is 0 Å². The summed E-state index contributed by atoms with van der Waals surface area (Å²) in [6.07, 6.45) is 2.83. The molecule has 0 N–H and O–H groups in total. The molecule has 92 valence electrons. The molecule has 0 aliphatic heterocycles. The lowest BCUT2D eigenvalue weighted by atomic mass is 9.98. The summed E-state index contributed by atoms with van der Waals surface area (Å²) in [5, 5.41) is 0. The fraction of sp³-hybridized carbons (Fsp3) is 0.188. The summed E-state index contributed by atoms with van der Waals surface area (Å²) in [6, 6.07) is 12.1. The second-order valence-electron chi connectivity index (χ2n) is 4.34. The van der Waals surface area contributed by atoms with Gasteiger partial charge in [0.2, 0.25) is 0 Å². The van der Waals surface area contributed by atoms with E-state index >= 15 is 0 Å². The van der Waals surface area contributed by atoms with E-state index in [0.717, 1.165) is 35.8 Å². The van der Waals surface area contributed by atoms with Crippen LogP contribution in [0.3, 0.4) is 0 Å². The van der Waals surface area contributed by atoms with Crippen LogP contribution in [-0.2, 0) is 6.42 Å². The van der Waals surface area contributed by atoms with Gasteiger partial charge in [-0.3, -0.25) is 4.79 Å². The minimum absolute atomic E-state index is 0.251. The van der Waals surface area contributed by atoms with Crippen LogP contribution in [0, 0.1) is 5.82 Å². The molecule has 0 bridgehead atoms. The van der Waals surface area contributed by atoms with E-state index < -0.39 is 0 Å². The van der Waals surface area contributed by atoms with E-state index in [-0.39, 0.29) is 5.82 Å². The zero-order chi connectivity index (χ0) is 13.0. The summed E-state index contributed by atoms with van der Waals surface area (Å²) >= 11 is 0. The van der Waals surface area contributed by atoms with Gasteiger partial charge in [0.25, 0.3) is 0 Å². The van der Waals surface area contributed by atoms with Gasteiger partial charge in [0.1, 0.15) is 12.1 Å². The number of hydrogen-bond acceptors (Lipinski definition) is 1. The van der Waals surface area contributed by atoms with Gasteiger partial charge in [-0.2, -0.15) is 0 Å². The highest BCUT2D eigenvalue weighted by Crippen LogP contribution is 2.23. The minimum atomic E-state index is -0.251. The first-order valence-corrected chi connectivity index (χ1v) is 6.08. The van der Waals surface area contributed by atoms with E-state index in [4.69, 9.17) is 0 Å². The molecule has 0 radical (unpaired) electrons. The zero-order valence-corrected chi connectivity index (χ0v) is 10.3. The van der Waals surface area contributed by atoms with Crippen molar-refractivity contribution in [3.05, 3.63) is 59.4 Å². The van der Waals surface area contributed by atoms with E-state index in [2.05, 4.69) is 13.0 Å². The second kappa shape index (κ2) is 5.58. The third-order valence-corrected chi connectivity index (χ3v) is 2.87. The third-order valence-electron chi connectivity index (χ3n) is 2.87. The van der Waals surface area contributed by atoms with Crippen molar-refractivity contribution in [1.82, 2.24) is 0 Å². The van der Waals surface area contributed by atoms with Crippen LogP contribution in [0.1, 0.15) is 29.3 Å². The van der Waals surface area contributed by atoms with Crippen LogP contribution in [0.2, 0.25) is 0 Å². The second-order valence-corrected chi connectivity index (χ2v) is 4.34. The molecule has 0 aromatic heterocycles. The van der Waals surface area contributed by atoms with Crippen molar-refractivity contribution in [1.29, 1.82) is 0 Å². The molecule has 0 aliphatic rings. The van der Waals surface area contributed by atoms with Gasteiger partial charge in [-0.05, 0) is 47.4 Å². The van der Waals surface area contributed by atoms with Crippen LogP contribution < -0.4 is 0 Å². The van der Waals surface area contributed by atoms with Gasteiger partial charge in [0, 0.05) is 5.56 Å². The molecule has 1 nitrogen and oxygen atoms in total. The summed E-state index contributed by atoms with van der Waals surface area (Å²) in [5.74, 6) is -0.251. The quantitative estimate of drug-likeness (QED) is 0.732. The highest BCUT2D eigenvalue weighted by atomic mass is 19.1. The van der Waals surface area contributed by atoms with Crippen molar-refractivity contribution in [3.8, 4) is 11.1 Å². The third kappa shape index (κ3) is 2.83. The smallest absolute Gasteiger partial charge is 0.150 e. The number of rotatable bonds is 4. The van der Waals surface area contributed by atoms with Crippen molar-refractivity contribution < 1.29 is 9.18 Å². The van der Waals surface area contributed by atoms with E-state index in [1.807, 2.05) is 12.1 Å². The Kier molecular flexibility index (Phi) is 3.88. The number of aldehydes is 1. The molecule has 18 heavy (non-hydrogen) atoms. The Hall–Kier alpha value is -1.96. The maximum absolute atomic E-state index is 12.9. The first-order chi connectivity index (χ1) is 8.72. The lowest BCUT2D eigenvalue weighted by Gasteiger charge is -2.07. The van der Waals surface area contributed by atoms with Crippen LogP contribution in [0.15, 0.2) is 42.5 Å². The molecule has 2 aromatic rings. The fourth-order valence-electron chi connectivity index (χ4n) is 2.03. The first kappa shape index (κ1) is 12.5. The Morgan fingerprint density at radius 2 is 1.78 bits per heavy atom. The molecule has 0 amide bonds. The molecular weight excluding hydrogens is 227 g/mol. The average Bonchev–Trinajstić information content (AvgIpc) is 2.39. The average molecular weight is 242 g/mol. The number of hydrogen-bond donors (Lipinski definition) is 0. The molecule has 2 heteroatoms. The highest BCUT2D eigenvalue weighted by Gasteiger charge is 2.03. The standard InChI is InChI=1S/C16H15FO/c1-2-3-12-8-13(11-18)10-15(9-12)14-4-6-16(17)7-5-14/h4-11H,2-3H2,1H3. The maximum atomic E-state index is 12.9. The van der Waals surface area contributed by atoms with Crippen LogP contribution in [0.4, 0.5) is 4.39 Å². The first-order valence-electron chi connectivity index (χ1n) is 6.08. The Bertz CT molecular complexity index is 544. The highest BCUT2D eigenvalue weighted by molar-refractivity contribution is 5.79. The molecule has 0 aliphatic carbocycles. The molecule has 0 heterocycles. The summed E-state index contributed by atoms with van der Waals surface area (Å²) in [6.45, 7) is 2.10. The van der Waals surface area contributed by atoms with E-state index in [1.54, 1.807) is 12.1 Å². The molecule has 0 atom stereocenters. The SMILES string of the molecule is CCCc1cc(C=O)cc(-c2ccc(F)cc2)c1. The number of carbonyl (C=O) groups is 1. The lowest BCUT2D eigenvalue weighted by Crippen LogP contribution is -1.90. The topological polar surface area (TPSA) is 17.1 Å². The van der Waals surface area contributed by atoms with Gasteiger partial charge in [-0.1, -0.05) is 31.5 Å². The molecule has 0 spiro atoms. The Labute approximate surface area is 106 Å². The van der Waals surface area contributed by atoms with Gasteiger partial charge in [0.15, 0.2) is 0 Å². The predicted molar refractivity (Wildman–Crippen MR) is 71.2 cm³/mol. The molecule has 0 saturated carbocycles. The maximum Gasteiger partial charge on any atom is 0.150 e. The number of halogens is 1. The van der Waals surface area contributed by atoms with Crippen molar-refractivity contribution in [2.45, 2.75) is 19.8 Å². The van der Waals surface area contributed by atoms with Crippen molar-refractivity contribution >= 4 is 6.29 Å². The minimum Gasteiger partial charge on any atom is -0.298 e. The Morgan fingerprint density at radius 1 is 1.06 bits per heavy atom. The van der Waals surface area contributed by atoms with E-state index in [0.29, 0.717) is 5.56 Å². The van der Waals surface area contributed by atoms with Crippen molar-refractivity contribution in [2.24, 2.45) is 0 Å². The fourth-order valence-corrected chi connectivity index (χ4v) is 2.03. The van der Waals surface area contributed by atoms with Crippen LogP contribution >= 0.6 is 0 Å². The summed E-state index contributed by atoms with van der Waals surface area (Å²) < 4.78 is 12.9. The largest absolute Gasteiger partial charge is 0.298 e. The molecule has 0 saturated heterocycles. The molecule has 0 unspecified atom stereocenters. The predicted octanol–water partition coefficient (Wildman–Crippen LogP) is 4.26. The number of carbonyl (C=O) groups excluding carboxylic acids is 1. The van der Waals surface area contributed by atoms with Gasteiger partial charge >= 0.3 is 0 Å². The number of aryl methyl sites for hydroxylation is 1. The van der Waals surface area contributed by atoms with Gasteiger partial charge in [-0.25, -0.2) is 4.39 Å². The number of benzene rings is 2. The van der Waals surface area contributed by atoms with Crippen LogP contribution in [-0.4, -0.2) is 6.29 Å². The van der Waals surface area contributed by atoms with Crippen LogP contribution in [0.5, 0.6) is 0 Å². The van der Waals surface area contributed by atoms with Crippen LogP contribution in [0.25, 0.3) is 11.1 Å². The zero-order valence-electron chi connectivity index (χ0n) is 10.3. The lowest BCUT2D eigenvalue weighted by molar-refractivity contribution is 0.112. The molecule has 0 fully saturated rings. The summed E-state index contributed by atoms with van der Waals surface area (Å²) in [4.78, 5) is 10.9. The van der Waals surface area contributed by atoms with Gasteiger partial charge < -0.3 is 0 Å². The van der Waals surface area contributed by atoms with E-state index in [1.165, 1.54) is 12.1 Å². The molecule has 2 aromatic carbocycles. The van der Waals surface area contributed by atoms with E-state index in [9.17, 15) is 9.18 Å².